The molecule has 0 aromatic heterocycles. The van der Waals surface area contributed by atoms with E-state index >= 15 is 0 Å². The van der Waals surface area contributed by atoms with Gasteiger partial charge in [-0.2, -0.15) is 0 Å². The minimum Gasteiger partial charge on any atom is -0.326 e. The highest BCUT2D eigenvalue weighted by atomic mass is 35.5. The van der Waals surface area contributed by atoms with Crippen LogP contribution in [0.5, 0.6) is 0 Å². The number of hydrogen-bond acceptors (Lipinski definition) is 6. The van der Waals surface area contributed by atoms with Crippen molar-refractivity contribution in [2.45, 2.75) is 12.8 Å². The number of rotatable bonds is 5. The molecule has 0 unspecified atom stereocenters. The van der Waals surface area contributed by atoms with Crippen LogP contribution in [0.2, 0.25) is 5.02 Å². The molecule has 11 heteroatoms. The van der Waals surface area contributed by atoms with Gasteiger partial charge in [0, 0.05) is 24.5 Å². The first-order valence-corrected chi connectivity index (χ1v) is 7.10. The Bertz CT molecular complexity index is 740. The number of nitrogens with zero attached hydrogens (tertiary/aromatic N) is 3. The van der Waals surface area contributed by atoms with E-state index in [9.17, 15) is 18.8 Å². The largest absolute Gasteiger partial charge is 0.356 e. The van der Waals surface area contributed by atoms with Crippen LogP contribution in [-0.2, 0) is 19.2 Å². The van der Waals surface area contributed by atoms with Gasteiger partial charge in [-0.1, -0.05) is 16.8 Å². The summed E-state index contributed by atoms with van der Waals surface area (Å²) in [5, 5.41) is 7.22. The smallest absolute Gasteiger partial charge is 0.326 e. The third kappa shape index (κ3) is 3.96. The monoisotopic (exact) mass is 352 g/mol. The van der Waals surface area contributed by atoms with Crippen molar-refractivity contribution in [2.75, 3.05) is 5.43 Å². The van der Waals surface area contributed by atoms with Crippen molar-refractivity contribution in [3.05, 3.63) is 34.6 Å². The molecule has 1 N–H and O–H groups in total. The highest BCUT2D eigenvalue weighted by Gasteiger charge is 2.32. The summed E-state index contributed by atoms with van der Waals surface area (Å²) < 4.78 is 14.1. The fourth-order valence-electron chi connectivity index (χ4n) is 1.86. The minimum atomic E-state index is -1.01. The summed E-state index contributed by atoms with van der Waals surface area (Å²) in [6.07, 6.45) is 1.91. The van der Waals surface area contributed by atoms with E-state index in [4.69, 9.17) is 11.6 Å². The van der Waals surface area contributed by atoms with Gasteiger partial charge in [-0.25, -0.2) is 14.2 Å². The first-order chi connectivity index (χ1) is 11.4. The molecule has 8 nitrogen and oxygen atoms in total. The van der Waals surface area contributed by atoms with E-state index < -0.39 is 23.6 Å². The van der Waals surface area contributed by atoms with Crippen molar-refractivity contribution in [3.63, 3.8) is 0 Å². The molecule has 0 atom stereocenters. The maximum Gasteiger partial charge on any atom is 0.356 e. The average molecular weight is 353 g/mol. The number of amides is 2. The van der Waals surface area contributed by atoms with E-state index in [1.165, 1.54) is 20.1 Å². The Balaban J connectivity index is 2.18. The van der Waals surface area contributed by atoms with E-state index in [0.717, 1.165) is 12.2 Å². The van der Waals surface area contributed by atoms with E-state index in [2.05, 4.69) is 20.5 Å². The lowest BCUT2D eigenvalue weighted by atomic mass is 10.1. The van der Waals surface area contributed by atoms with Crippen LogP contribution < -0.4 is 5.43 Å². The summed E-state index contributed by atoms with van der Waals surface area (Å²) in [6, 6.07) is 2.75. The number of hydroxylamine groups is 2. The zero-order chi connectivity index (χ0) is 17.7. The fraction of sp³-hybridized carbons (Fsp3) is 0.154. The van der Waals surface area contributed by atoms with Crippen LogP contribution in [0.3, 0.4) is 0 Å². The Hall–Kier alpha value is -2.75. The molecule has 1 saturated heterocycles. The lowest BCUT2D eigenvalue weighted by Gasteiger charge is -2.11. The van der Waals surface area contributed by atoms with Gasteiger partial charge in [-0.3, -0.25) is 15.0 Å². The van der Waals surface area contributed by atoms with Gasteiger partial charge in [-0.15, -0.1) is 5.06 Å². The molecule has 124 valence electrons. The van der Waals surface area contributed by atoms with Gasteiger partial charge in [-0.05, 0) is 18.2 Å². The number of anilines is 1. The molecular formula is C13H11BClFN4O4. The number of hydrogen-bond donors (Lipinski definition) is 1. The third-order valence-electron chi connectivity index (χ3n) is 2.98. The molecule has 0 aliphatic carbocycles. The molecule has 0 spiro atoms. The molecule has 0 saturated carbocycles. The second kappa shape index (κ2) is 7.69. The van der Waals surface area contributed by atoms with Crippen LogP contribution in [0, 0.1) is 5.82 Å². The summed E-state index contributed by atoms with van der Waals surface area (Å²) in [4.78, 5) is 39.1. The predicted molar refractivity (Wildman–Crippen MR) is 84.6 cm³/mol. The van der Waals surface area contributed by atoms with Gasteiger partial charge in [0.05, 0.1) is 10.7 Å². The van der Waals surface area contributed by atoms with Crippen LogP contribution in [0.4, 0.5) is 10.1 Å². The third-order valence-corrected chi connectivity index (χ3v) is 3.27. The van der Waals surface area contributed by atoms with Crippen LogP contribution >= 0.6 is 11.6 Å². The summed E-state index contributed by atoms with van der Waals surface area (Å²) >= 11 is 5.71. The van der Waals surface area contributed by atoms with Crippen molar-refractivity contribution in [3.8, 4) is 0 Å². The molecule has 1 aliphatic rings. The molecule has 1 aromatic carbocycles. The molecule has 2 rings (SSSR count). The van der Waals surface area contributed by atoms with Gasteiger partial charge in [0.15, 0.2) is 5.82 Å². The van der Waals surface area contributed by atoms with Gasteiger partial charge < -0.3 is 4.84 Å². The number of nitrogens with one attached hydrogen (secondary N) is 1. The molecule has 1 fully saturated rings. The topological polar surface area (TPSA) is 100 Å². The zero-order valence-corrected chi connectivity index (χ0v) is 13.2. The maximum absolute atomic E-state index is 14.1. The molecular weight excluding hydrogens is 341 g/mol. The van der Waals surface area contributed by atoms with Crippen molar-refractivity contribution >= 4 is 49.1 Å². The second-order valence-electron chi connectivity index (χ2n) is 4.56. The minimum absolute atomic E-state index is 0.0190. The van der Waals surface area contributed by atoms with Crippen LogP contribution in [0.1, 0.15) is 18.4 Å². The average Bonchev–Trinajstić information content (AvgIpc) is 2.87. The van der Waals surface area contributed by atoms with Gasteiger partial charge in [0.2, 0.25) is 0 Å². The first kappa shape index (κ1) is 17.6. The van der Waals surface area contributed by atoms with Crippen molar-refractivity contribution in [1.29, 1.82) is 0 Å². The van der Waals surface area contributed by atoms with Crippen molar-refractivity contribution in [1.82, 2.24) is 5.06 Å². The Morgan fingerprint density at radius 1 is 1.38 bits per heavy atom. The van der Waals surface area contributed by atoms with Gasteiger partial charge in [0.1, 0.15) is 0 Å². The molecule has 0 bridgehead atoms. The number of carbonyl (C=O) groups excluding carboxylic acids is 3. The Morgan fingerprint density at radius 2 is 2.04 bits per heavy atom. The van der Waals surface area contributed by atoms with Gasteiger partial charge in [0.25, 0.3) is 19.8 Å². The predicted octanol–water partition coefficient (Wildman–Crippen LogP) is 1.43. The molecule has 1 aliphatic heterocycles. The number of imide groups is 1. The highest BCUT2D eigenvalue weighted by molar-refractivity contribution is 6.31. The van der Waals surface area contributed by atoms with Crippen LogP contribution in [-0.4, -0.2) is 30.8 Å². The SMILES string of the molecule is B/N=N\Nc1ccc(Cl)c(F)c1/C=C/C(=O)ON1C(=O)CCC1=O. The normalized spacial score (nSPS) is 14.8. The van der Waals surface area contributed by atoms with Crippen LogP contribution in [0.15, 0.2) is 28.5 Å². The quantitative estimate of drug-likeness (QED) is 0.284. The van der Waals surface area contributed by atoms with Crippen LogP contribution in [0.25, 0.3) is 6.08 Å². The standard InChI is InChI=1S/C13H11BClFN4O4/c14-18-19-17-9-3-2-8(15)13(16)7(9)1-6-12(23)24-20-10(21)4-5-11(20)22/h1-3,6H,4-5,14H2,(H,17,18)/b6-1+. The molecule has 1 aromatic rings. The number of benzene rings is 1. The Labute approximate surface area is 141 Å². The molecule has 2 amide bonds. The van der Waals surface area contributed by atoms with Gasteiger partial charge >= 0.3 is 5.97 Å². The molecule has 0 radical (unpaired) electrons. The Kier molecular flexibility index (Phi) is 5.64. The first-order valence-electron chi connectivity index (χ1n) is 6.72. The number of halogens is 2. The highest BCUT2D eigenvalue weighted by Crippen LogP contribution is 2.27. The van der Waals surface area contributed by atoms with Crippen molar-refractivity contribution < 1.29 is 23.6 Å². The maximum atomic E-state index is 14.1. The summed E-state index contributed by atoms with van der Waals surface area (Å²) in [7, 11) is 1.41. The summed E-state index contributed by atoms with van der Waals surface area (Å²) in [6.45, 7) is 0. The summed E-state index contributed by atoms with van der Waals surface area (Å²) in [5.41, 5.74) is 2.62. The zero-order valence-electron chi connectivity index (χ0n) is 12.5. The van der Waals surface area contributed by atoms with E-state index in [0.29, 0.717) is 5.06 Å². The second-order valence-corrected chi connectivity index (χ2v) is 4.97. The molecule has 24 heavy (non-hydrogen) atoms. The fourth-order valence-corrected chi connectivity index (χ4v) is 2.03. The van der Waals surface area contributed by atoms with E-state index in [-0.39, 0.29) is 29.1 Å². The lowest BCUT2D eigenvalue weighted by Crippen LogP contribution is -2.31. The Morgan fingerprint density at radius 3 is 2.67 bits per heavy atom. The molecule has 1 heterocycles. The van der Waals surface area contributed by atoms with Crippen molar-refractivity contribution in [2.24, 2.45) is 10.2 Å². The summed E-state index contributed by atoms with van der Waals surface area (Å²) in [5.74, 6) is -3.02. The number of carbonyl (C=O) groups is 3. The lowest BCUT2D eigenvalue weighted by molar-refractivity contribution is -0.193. The van der Waals surface area contributed by atoms with E-state index in [1.807, 2.05) is 0 Å². The van der Waals surface area contributed by atoms with E-state index in [1.54, 1.807) is 0 Å².